The Balaban J connectivity index is 1.69. The fourth-order valence-corrected chi connectivity index (χ4v) is 3.14. The highest BCUT2D eigenvalue weighted by Crippen LogP contribution is 2.11. The molecule has 32 heavy (non-hydrogen) atoms. The van der Waals surface area contributed by atoms with Gasteiger partial charge in [0.1, 0.15) is 23.8 Å². The molecule has 2 amide bonds. The highest BCUT2D eigenvalue weighted by Gasteiger charge is 2.25. The molecule has 0 aliphatic carbocycles. The van der Waals surface area contributed by atoms with Crippen molar-refractivity contribution < 1.29 is 19.1 Å². The van der Waals surface area contributed by atoms with Crippen LogP contribution in [-0.4, -0.2) is 34.1 Å². The summed E-state index contributed by atoms with van der Waals surface area (Å²) in [6.45, 7) is 0.155. The number of aliphatic hydroxyl groups excluding tert-OH is 1. The quantitative estimate of drug-likeness (QED) is 0.408. The summed E-state index contributed by atoms with van der Waals surface area (Å²) in [5, 5.41) is 15.6. The predicted molar refractivity (Wildman–Crippen MR) is 119 cm³/mol. The number of hydrogen-bond acceptors (Lipinski definition) is 5. The fourth-order valence-electron chi connectivity index (χ4n) is 3.14. The smallest absolute Gasteiger partial charge is 0.249 e. The van der Waals surface area contributed by atoms with Crippen LogP contribution in [0.2, 0.25) is 0 Å². The number of pyridine rings is 1. The maximum Gasteiger partial charge on any atom is 0.249 e. The van der Waals surface area contributed by atoms with E-state index in [-0.39, 0.29) is 24.9 Å². The third-order valence-corrected chi connectivity index (χ3v) is 4.90. The summed E-state index contributed by atoms with van der Waals surface area (Å²) in [5.74, 6) is -1.34. The minimum Gasteiger partial charge on any atom is -0.384 e. The Bertz CT molecular complexity index is 1040. The monoisotopic (exact) mass is 436 g/mol. The number of halogens is 1. The van der Waals surface area contributed by atoms with Gasteiger partial charge in [-0.05, 0) is 28.8 Å². The molecule has 0 radical (unpaired) electrons. The van der Waals surface area contributed by atoms with Crippen LogP contribution in [0.5, 0.6) is 0 Å². The molecule has 2 atom stereocenters. The van der Waals surface area contributed by atoms with Gasteiger partial charge in [-0.15, -0.1) is 0 Å². The van der Waals surface area contributed by atoms with Gasteiger partial charge < -0.3 is 21.5 Å². The van der Waals surface area contributed by atoms with E-state index in [1.54, 1.807) is 54.6 Å². The zero-order valence-corrected chi connectivity index (χ0v) is 17.4. The number of benzene rings is 2. The van der Waals surface area contributed by atoms with Crippen molar-refractivity contribution in [2.75, 3.05) is 5.73 Å². The van der Waals surface area contributed by atoms with Gasteiger partial charge in [-0.3, -0.25) is 9.59 Å². The van der Waals surface area contributed by atoms with Gasteiger partial charge in [0.25, 0.3) is 0 Å². The number of nitrogens with one attached hydrogen (secondary N) is 2. The van der Waals surface area contributed by atoms with Crippen LogP contribution < -0.4 is 16.4 Å². The average molecular weight is 436 g/mol. The number of hydrogen-bond donors (Lipinski definition) is 4. The molecule has 0 unspecified atom stereocenters. The van der Waals surface area contributed by atoms with E-state index in [2.05, 4.69) is 15.6 Å². The van der Waals surface area contributed by atoms with Gasteiger partial charge in [-0.25, -0.2) is 9.37 Å². The Morgan fingerprint density at radius 3 is 2.34 bits per heavy atom. The summed E-state index contributed by atoms with van der Waals surface area (Å²) in [7, 11) is 0. The lowest BCUT2D eigenvalue weighted by Gasteiger charge is -2.21. The molecule has 1 aromatic heterocycles. The Kier molecular flexibility index (Phi) is 7.88. The van der Waals surface area contributed by atoms with Crippen LogP contribution in [0.15, 0.2) is 72.9 Å². The van der Waals surface area contributed by atoms with Gasteiger partial charge >= 0.3 is 0 Å². The predicted octanol–water partition coefficient (Wildman–Crippen LogP) is 1.75. The topological polar surface area (TPSA) is 117 Å². The zero-order chi connectivity index (χ0) is 22.9. The number of carbonyl (C=O) groups excluding carboxylic acids is 2. The maximum absolute atomic E-state index is 14.2. The second kappa shape index (κ2) is 11.0. The average Bonchev–Trinajstić information content (AvgIpc) is 2.80. The van der Waals surface area contributed by atoms with Crippen molar-refractivity contribution in [1.82, 2.24) is 15.6 Å². The number of rotatable bonds is 9. The molecular weight excluding hydrogens is 411 g/mol. The second-order valence-electron chi connectivity index (χ2n) is 7.37. The fraction of sp³-hybridized carbons (Fsp3) is 0.208. The molecule has 0 aliphatic rings. The van der Waals surface area contributed by atoms with Crippen LogP contribution in [0.3, 0.4) is 0 Å². The molecule has 3 rings (SSSR count). The first kappa shape index (κ1) is 22.9. The number of anilines is 1. The van der Waals surface area contributed by atoms with Crippen molar-refractivity contribution in [3.05, 3.63) is 95.4 Å². The highest BCUT2D eigenvalue weighted by molar-refractivity contribution is 5.89. The van der Waals surface area contributed by atoms with Crippen LogP contribution >= 0.6 is 0 Å². The summed E-state index contributed by atoms with van der Waals surface area (Å²) in [6, 6.07) is 17.3. The molecule has 0 bridgehead atoms. The second-order valence-corrected chi connectivity index (χ2v) is 7.37. The molecule has 0 aliphatic heterocycles. The minimum atomic E-state index is -1.35. The Morgan fingerprint density at radius 1 is 0.938 bits per heavy atom. The number of nitrogen functional groups attached to an aromatic ring is 1. The van der Waals surface area contributed by atoms with Crippen molar-refractivity contribution in [3.63, 3.8) is 0 Å². The van der Waals surface area contributed by atoms with Crippen LogP contribution in [0, 0.1) is 5.82 Å². The lowest BCUT2D eigenvalue weighted by Crippen LogP contribution is -2.51. The normalized spacial score (nSPS) is 12.6. The summed E-state index contributed by atoms with van der Waals surface area (Å²) in [4.78, 5) is 29.4. The number of nitrogens with two attached hydrogens (primary N) is 1. The molecule has 166 valence electrons. The third-order valence-electron chi connectivity index (χ3n) is 4.90. The van der Waals surface area contributed by atoms with Gasteiger partial charge in [0.2, 0.25) is 11.8 Å². The van der Waals surface area contributed by atoms with E-state index in [0.717, 1.165) is 5.56 Å². The lowest BCUT2D eigenvalue weighted by molar-refractivity contribution is -0.134. The molecule has 0 saturated carbocycles. The van der Waals surface area contributed by atoms with Crippen LogP contribution in [0.1, 0.15) is 16.7 Å². The van der Waals surface area contributed by atoms with Gasteiger partial charge in [-0.2, -0.15) is 0 Å². The molecule has 0 spiro atoms. The molecular formula is C24H25FN4O3. The number of nitrogens with zero attached hydrogens (tertiary/aromatic N) is 1. The molecule has 8 heteroatoms. The van der Waals surface area contributed by atoms with E-state index in [9.17, 15) is 19.1 Å². The Morgan fingerprint density at radius 2 is 1.66 bits per heavy atom. The van der Waals surface area contributed by atoms with E-state index in [4.69, 9.17) is 5.73 Å². The van der Waals surface area contributed by atoms with E-state index in [0.29, 0.717) is 11.4 Å². The van der Waals surface area contributed by atoms with Gasteiger partial charge in [0.15, 0.2) is 0 Å². The van der Waals surface area contributed by atoms with Crippen molar-refractivity contribution >= 4 is 17.6 Å². The Labute approximate surface area is 185 Å². The standard InChI is InChI=1S/C24H25FN4O3/c25-19-9-5-4-8-18(19)13-20(23(31)28-15-17-10-11-22(26)27-14-17)29-24(32)21(30)12-16-6-2-1-3-7-16/h1-11,14,20-21,30H,12-13,15H2,(H2,26,27)(H,28,31)(H,29,32)/t20-,21+/m0/s1. The van der Waals surface area contributed by atoms with E-state index >= 15 is 0 Å². The number of aliphatic hydroxyl groups is 1. The molecule has 0 fully saturated rings. The van der Waals surface area contributed by atoms with Crippen molar-refractivity contribution in [3.8, 4) is 0 Å². The third kappa shape index (κ3) is 6.61. The molecule has 3 aromatic rings. The van der Waals surface area contributed by atoms with Gasteiger partial charge in [0.05, 0.1) is 0 Å². The molecule has 5 N–H and O–H groups in total. The van der Waals surface area contributed by atoms with Crippen molar-refractivity contribution in [1.29, 1.82) is 0 Å². The van der Waals surface area contributed by atoms with E-state index in [1.807, 2.05) is 6.07 Å². The molecule has 1 heterocycles. The first-order valence-corrected chi connectivity index (χ1v) is 10.2. The Hall–Kier alpha value is -3.78. The van der Waals surface area contributed by atoms with E-state index < -0.39 is 29.8 Å². The summed E-state index contributed by atoms with van der Waals surface area (Å²) >= 11 is 0. The summed E-state index contributed by atoms with van der Waals surface area (Å²) in [5.41, 5.74) is 7.34. The summed E-state index contributed by atoms with van der Waals surface area (Å²) < 4.78 is 14.2. The first-order chi connectivity index (χ1) is 15.4. The minimum absolute atomic E-state index is 0.0672. The first-order valence-electron chi connectivity index (χ1n) is 10.2. The lowest BCUT2D eigenvalue weighted by atomic mass is 10.0. The van der Waals surface area contributed by atoms with Gasteiger partial charge in [0, 0.05) is 25.6 Å². The molecule has 7 nitrogen and oxygen atoms in total. The van der Waals surface area contributed by atoms with Crippen molar-refractivity contribution in [2.24, 2.45) is 0 Å². The zero-order valence-electron chi connectivity index (χ0n) is 17.4. The summed E-state index contributed by atoms with van der Waals surface area (Å²) in [6.07, 6.45) is 0.207. The number of carbonyl (C=O) groups is 2. The van der Waals surface area contributed by atoms with Crippen molar-refractivity contribution in [2.45, 2.75) is 31.5 Å². The van der Waals surface area contributed by atoms with Crippen LogP contribution in [-0.2, 0) is 29.0 Å². The largest absolute Gasteiger partial charge is 0.384 e. The highest BCUT2D eigenvalue weighted by atomic mass is 19.1. The van der Waals surface area contributed by atoms with Crippen LogP contribution in [0.4, 0.5) is 10.2 Å². The molecule has 0 saturated heterocycles. The van der Waals surface area contributed by atoms with E-state index in [1.165, 1.54) is 12.3 Å². The SMILES string of the molecule is Nc1ccc(CNC(=O)[C@H](Cc2ccccc2F)NC(=O)[C@H](O)Cc2ccccc2)cn1. The maximum atomic E-state index is 14.2. The molecule has 2 aromatic carbocycles. The van der Waals surface area contributed by atoms with Gasteiger partial charge in [-0.1, -0.05) is 54.6 Å². The van der Waals surface area contributed by atoms with Crippen LogP contribution in [0.25, 0.3) is 0 Å². The number of amides is 2. The number of aromatic nitrogens is 1.